The smallest absolute Gasteiger partial charge is 0.240 e. The lowest BCUT2D eigenvalue weighted by Gasteiger charge is -2.36. The number of nitrogens with zero attached hydrogens (tertiary/aromatic N) is 3. The van der Waals surface area contributed by atoms with Crippen molar-refractivity contribution in [2.24, 2.45) is 11.7 Å². The van der Waals surface area contributed by atoms with Crippen molar-refractivity contribution in [1.29, 1.82) is 0 Å². The Hall–Kier alpha value is -1.43. The molecule has 1 fully saturated rings. The summed E-state index contributed by atoms with van der Waals surface area (Å²) in [7, 11) is 0. The SMILES string of the molecule is CC1CCCC(N)(C(=O)NC(C)c2nnc3n2CCC3)C1. The predicted octanol–water partition coefficient (Wildman–Crippen LogP) is 1.31. The fourth-order valence-corrected chi connectivity index (χ4v) is 3.70. The average Bonchev–Trinajstić information content (AvgIpc) is 3.00. The Morgan fingerprint density at radius 3 is 3.05 bits per heavy atom. The van der Waals surface area contributed by atoms with Gasteiger partial charge in [-0.05, 0) is 32.1 Å². The standard InChI is InChI=1S/C15H25N5O/c1-10-5-3-7-15(16,9-10)14(21)17-11(2)13-19-18-12-6-4-8-20(12)13/h10-11H,3-9,16H2,1-2H3,(H,17,21). The molecule has 0 spiro atoms. The van der Waals surface area contributed by atoms with Crippen LogP contribution in [0.1, 0.15) is 63.6 Å². The molecular formula is C15H25N5O. The van der Waals surface area contributed by atoms with Crippen LogP contribution < -0.4 is 11.1 Å². The molecule has 1 aromatic heterocycles. The summed E-state index contributed by atoms with van der Waals surface area (Å²) in [5.41, 5.74) is 5.63. The number of rotatable bonds is 3. The van der Waals surface area contributed by atoms with E-state index in [4.69, 9.17) is 5.73 Å². The zero-order valence-corrected chi connectivity index (χ0v) is 12.9. The van der Waals surface area contributed by atoms with E-state index < -0.39 is 5.54 Å². The zero-order valence-electron chi connectivity index (χ0n) is 12.9. The Labute approximate surface area is 125 Å². The topological polar surface area (TPSA) is 85.8 Å². The number of aryl methyl sites for hydroxylation is 1. The first-order valence-electron chi connectivity index (χ1n) is 8.01. The molecule has 1 saturated carbocycles. The van der Waals surface area contributed by atoms with Gasteiger partial charge in [0.2, 0.25) is 5.91 Å². The number of nitrogens with one attached hydrogen (secondary N) is 1. The van der Waals surface area contributed by atoms with Crippen LogP contribution in [-0.4, -0.2) is 26.2 Å². The number of carbonyl (C=O) groups excluding carboxylic acids is 1. The molecular weight excluding hydrogens is 266 g/mol. The molecule has 0 bridgehead atoms. The lowest BCUT2D eigenvalue weighted by Crippen LogP contribution is -2.56. The van der Waals surface area contributed by atoms with Crippen molar-refractivity contribution in [3.05, 3.63) is 11.6 Å². The van der Waals surface area contributed by atoms with E-state index in [-0.39, 0.29) is 11.9 Å². The molecule has 6 nitrogen and oxygen atoms in total. The molecule has 2 heterocycles. The quantitative estimate of drug-likeness (QED) is 0.879. The lowest BCUT2D eigenvalue weighted by molar-refractivity contribution is -0.128. The number of amides is 1. The third kappa shape index (κ3) is 2.69. The molecule has 2 aliphatic rings. The highest BCUT2D eigenvalue weighted by Crippen LogP contribution is 2.31. The third-order valence-electron chi connectivity index (χ3n) is 4.86. The third-order valence-corrected chi connectivity index (χ3v) is 4.86. The minimum atomic E-state index is -0.722. The van der Waals surface area contributed by atoms with Crippen LogP contribution in [0.25, 0.3) is 0 Å². The number of carbonyl (C=O) groups is 1. The molecule has 3 N–H and O–H groups in total. The van der Waals surface area contributed by atoms with Crippen LogP contribution in [0.3, 0.4) is 0 Å². The van der Waals surface area contributed by atoms with Crippen molar-refractivity contribution in [1.82, 2.24) is 20.1 Å². The summed E-state index contributed by atoms with van der Waals surface area (Å²) in [6.07, 6.45) is 5.82. The molecule has 3 unspecified atom stereocenters. The average molecular weight is 291 g/mol. The van der Waals surface area contributed by atoms with Crippen LogP contribution in [0.4, 0.5) is 0 Å². The number of hydrogen-bond acceptors (Lipinski definition) is 4. The van der Waals surface area contributed by atoms with Crippen LogP contribution >= 0.6 is 0 Å². The van der Waals surface area contributed by atoms with Gasteiger partial charge in [0.15, 0.2) is 5.82 Å². The molecule has 1 aliphatic carbocycles. The van der Waals surface area contributed by atoms with Gasteiger partial charge >= 0.3 is 0 Å². The highest BCUT2D eigenvalue weighted by atomic mass is 16.2. The van der Waals surface area contributed by atoms with Crippen molar-refractivity contribution < 1.29 is 4.79 Å². The number of aromatic nitrogens is 3. The molecule has 0 saturated heterocycles. The van der Waals surface area contributed by atoms with Gasteiger partial charge in [0.05, 0.1) is 11.6 Å². The van der Waals surface area contributed by atoms with E-state index in [0.29, 0.717) is 5.92 Å². The second-order valence-corrected chi connectivity index (χ2v) is 6.78. The van der Waals surface area contributed by atoms with Crippen LogP contribution in [-0.2, 0) is 17.8 Å². The molecule has 0 radical (unpaired) electrons. The highest BCUT2D eigenvalue weighted by Gasteiger charge is 2.39. The Morgan fingerprint density at radius 1 is 1.48 bits per heavy atom. The molecule has 0 aromatic carbocycles. The predicted molar refractivity (Wildman–Crippen MR) is 79.5 cm³/mol. The van der Waals surface area contributed by atoms with Crippen LogP contribution in [0.2, 0.25) is 0 Å². The van der Waals surface area contributed by atoms with E-state index in [0.717, 1.165) is 50.3 Å². The number of hydrogen-bond donors (Lipinski definition) is 2. The zero-order chi connectivity index (χ0) is 15.0. The number of fused-ring (bicyclic) bond motifs is 1. The first kappa shape index (κ1) is 14.5. The summed E-state index contributed by atoms with van der Waals surface area (Å²) >= 11 is 0. The monoisotopic (exact) mass is 291 g/mol. The van der Waals surface area contributed by atoms with E-state index in [1.54, 1.807) is 0 Å². The van der Waals surface area contributed by atoms with Crippen molar-refractivity contribution in [2.75, 3.05) is 0 Å². The van der Waals surface area contributed by atoms with Gasteiger partial charge in [0, 0.05) is 13.0 Å². The Kier molecular flexibility index (Phi) is 3.73. The Bertz CT molecular complexity index is 540. The first-order valence-corrected chi connectivity index (χ1v) is 8.01. The van der Waals surface area contributed by atoms with Gasteiger partial charge in [0.1, 0.15) is 5.82 Å². The Morgan fingerprint density at radius 2 is 2.29 bits per heavy atom. The number of nitrogens with two attached hydrogens (primary N) is 1. The second kappa shape index (κ2) is 5.40. The summed E-state index contributed by atoms with van der Waals surface area (Å²) in [6.45, 7) is 5.08. The van der Waals surface area contributed by atoms with Gasteiger partial charge in [-0.3, -0.25) is 4.79 Å². The van der Waals surface area contributed by atoms with Crippen LogP contribution in [0.5, 0.6) is 0 Å². The molecule has 1 aromatic rings. The van der Waals surface area contributed by atoms with Crippen molar-refractivity contribution in [2.45, 2.75) is 70.5 Å². The molecule has 1 aliphatic heterocycles. The van der Waals surface area contributed by atoms with Crippen LogP contribution in [0, 0.1) is 5.92 Å². The van der Waals surface area contributed by atoms with E-state index in [1.165, 1.54) is 6.42 Å². The van der Waals surface area contributed by atoms with E-state index in [9.17, 15) is 4.79 Å². The van der Waals surface area contributed by atoms with Gasteiger partial charge in [-0.25, -0.2) is 0 Å². The maximum absolute atomic E-state index is 12.6. The fourth-order valence-electron chi connectivity index (χ4n) is 3.70. The normalized spacial score (nSPS) is 30.0. The molecule has 21 heavy (non-hydrogen) atoms. The van der Waals surface area contributed by atoms with Gasteiger partial charge in [0.25, 0.3) is 0 Å². The Balaban J connectivity index is 1.69. The summed E-state index contributed by atoms with van der Waals surface area (Å²) in [4.78, 5) is 12.6. The molecule has 1 amide bonds. The van der Waals surface area contributed by atoms with Gasteiger partial charge in [-0.2, -0.15) is 0 Å². The van der Waals surface area contributed by atoms with Gasteiger partial charge < -0.3 is 15.6 Å². The van der Waals surface area contributed by atoms with Crippen LogP contribution in [0.15, 0.2) is 0 Å². The van der Waals surface area contributed by atoms with Gasteiger partial charge in [-0.15, -0.1) is 10.2 Å². The van der Waals surface area contributed by atoms with Gasteiger partial charge in [-0.1, -0.05) is 19.8 Å². The van der Waals surface area contributed by atoms with Crippen molar-refractivity contribution in [3.8, 4) is 0 Å². The maximum Gasteiger partial charge on any atom is 0.240 e. The largest absolute Gasteiger partial charge is 0.345 e. The first-order chi connectivity index (χ1) is 9.99. The maximum atomic E-state index is 12.6. The minimum absolute atomic E-state index is 0.0445. The summed E-state index contributed by atoms with van der Waals surface area (Å²) < 4.78 is 2.12. The molecule has 6 heteroatoms. The fraction of sp³-hybridized carbons (Fsp3) is 0.800. The van der Waals surface area contributed by atoms with E-state index in [1.807, 2.05) is 6.92 Å². The van der Waals surface area contributed by atoms with Crippen molar-refractivity contribution >= 4 is 5.91 Å². The molecule has 116 valence electrons. The molecule has 3 rings (SSSR count). The van der Waals surface area contributed by atoms with Crippen molar-refractivity contribution in [3.63, 3.8) is 0 Å². The van der Waals surface area contributed by atoms with E-state index >= 15 is 0 Å². The highest BCUT2D eigenvalue weighted by molar-refractivity contribution is 5.86. The summed E-state index contributed by atoms with van der Waals surface area (Å²) in [6, 6.07) is -0.144. The summed E-state index contributed by atoms with van der Waals surface area (Å²) in [5.74, 6) is 2.35. The molecule has 3 atom stereocenters. The van der Waals surface area contributed by atoms with E-state index in [2.05, 4.69) is 27.0 Å². The minimum Gasteiger partial charge on any atom is -0.345 e. The second-order valence-electron chi connectivity index (χ2n) is 6.78. The summed E-state index contributed by atoms with van der Waals surface area (Å²) in [5, 5.41) is 11.5. The lowest BCUT2D eigenvalue weighted by atomic mass is 9.76.